The highest BCUT2D eigenvalue weighted by Gasteiger charge is 2.35. The molecule has 1 aliphatic heterocycles. The van der Waals surface area contributed by atoms with Crippen LogP contribution in [0.2, 0.25) is 0 Å². The molecule has 2 rings (SSSR count). The number of nitrogens with two attached hydrogens (primary N) is 1. The van der Waals surface area contributed by atoms with Crippen LogP contribution < -0.4 is 11.1 Å². The van der Waals surface area contributed by atoms with E-state index in [-0.39, 0.29) is 36.4 Å². The van der Waals surface area contributed by atoms with Crippen LogP contribution >= 0.6 is 24.8 Å². The molecular weight excluding hydrogens is 219 g/mol. The number of anilines is 1. The van der Waals surface area contributed by atoms with Crippen LogP contribution in [0.15, 0.2) is 24.3 Å². The standard InChI is InChI=1S/C10H14N2.2ClH/c1-10(2)9(11)7-5-3-4-6-8(7)12-10;;/h3-6,9,12H,11H2,1-2H3;2*1H. The maximum Gasteiger partial charge on any atom is 0.0544 e. The summed E-state index contributed by atoms with van der Waals surface area (Å²) >= 11 is 0. The second-order valence-electron chi connectivity index (χ2n) is 3.91. The highest BCUT2D eigenvalue weighted by molar-refractivity contribution is 5.85. The average Bonchev–Trinajstić information content (AvgIpc) is 2.24. The van der Waals surface area contributed by atoms with Crippen molar-refractivity contribution in [2.24, 2.45) is 5.73 Å². The molecule has 0 spiro atoms. The lowest BCUT2D eigenvalue weighted by Gasteiger charge is -2.24. The van der Waals surface area contributed by atoms with Gasteiger partial charge in [-0.25, -0.2) is 0 Å². The van der Waals surface area contributed by atoms with Crippen LogP contribution in [0.3, 0.4) is 0 Å². The Hall–Kier alpha value is -0.440. The topological polar surface area (TPSA) is 38.0 Å². The van der Waals surface area contributed by atoms with Crippen molar-refractivity contribution < 1.29 is 0 Å². The number of nitrogens with one attached hydrogen (secondary N) is 1. The molecule has 80 valence electrons. The van der Waals surface area contributed by atoms with E-state index in [1.807, 2.05) is 12.1 Å². The summed E-state index contributed by atoms with van der Waals surface area (Å²) in [7, 11) is 0. The molecule has 1 atom stereocenters. The quantitative estimate of drug-likeness (QED) is 0.725. The minimum Gasteiger partial charge on any atom is -0.378 e. The summed E-state index contributed by atoms with van der Waals surface area (Å²) in [6.07, 6.45) is 0. The van der Waals surface area contributed by atoms with Crippen molar-refractivity contribution >= 4 is 30.5 Å². The molecule has 0 aliphatic carbocycles. The molecule has 0 saturated carbocycles. The summed E-state index contributed by atoms with van der Waals surface area (Å²) in [5.41, 5.74) is 8.45. The fourth-order valence-corrected chi connectivity index (χ4v) is 1.70. The molecule has 4 heteroatoms. The van der Waals surface area contributed by atoms with Crippen molar-refractivity contribution in [3.63, 3.8) is 0 Å². The van der Waals surface area contributed by atoms with Crippen molar-refractivity contribution in [1.29, 1.82) is 0 Å². The summed E-state index contributed by atoms with van der Waals surface area (Å²) in [6.45, 7) is 4.25. The van der Waals surface area contributed by atoms with E-state index >= 15 is 0 Å². The minimum absolute atomic E-state index is 0. The van der Waals surface area contributed by atoms with Crippen molar-refractivity contribution in [3.05, 3.63) is 29.8 Å². The Bertz CT molecular complexity index is 313. The van der Waals surface area contributed by atoms with E-state index < -0.39 is 0 Å². The first kappa shape index (κ1) is 13.6. The molecule has 1 aliphatic rings. The molecule has 0 bridgehead atoms. The molecule has 0 aromatic heterocycles. The third-order valence-electron chi connectivity index (χ3n) is 2.53. The van der Waals surface area contributed by atoms with Crippen LogP contribution in [-0.2, 0) is 0 Å². The molecule has 0 saturated heterocycles. The first-order valence-electron chi connectivity index (χ1n) is 4.24. The van der Waals surface area contributed by atoms with Gasteiger partial charge in [-0.05, 0) is 25.5 Å². The monoisotopic (exact) mass is 234 g/mol. The largest absolute Gasteiger partial charge is 0.378 e. The second-order valence-corrected chi connectivity index (χ2v) is 3.91. The molecule has 1 aromatic rings. The summed E-state index contributed by atoms with van der Waals surface area (Å²) in [5.74, 6) is 0. The van der Waals surface area contributed by atoms with Crippen molar-refractivity contribution in [1.82, 2.24) is 0 Å². The lowest BCUT2D eigenvalue weighted by molar-refractivity contribution is 0.485. The van der Waals surface area contributed by atoms with E-state index in [0.717, 1.165) is 0 Å². The van der Waals surface area contributed by atoms with Gasteiger partial charge in [0, 0.05) is 5.69 Å². The van der Waals surface area contributed by atoms with Gasteiger partial charge in [-0.1, -0.05) is 18.2 Å². The van der Waals surface area contributed by atoms with Gasteiger partial charge < -0.3 is 11.1 Å². The molecular formula is C10H16Cl2N2. The molecule has 0 amide bonds. The zero-order valence-electron chi connectivity index (χ0n) is 8.28. The summed E-state index contributed by atoms with van der Waals surface area (Å²) < 4.78 is 0. The zero-order valence-corrected chi connectivity index (χ0v) is 9.91. The molecule has 14 heavy (non-hydrogen) atoms. The van der Waals surface area contributed by atoms with Gasteiger partial charge in [0.15, 0.2) is 0 Å². The van der Waals surface area contributed by atoms with Gasteiger partial charge in [-0.2, -0.15) is 0 Å². The number of halogens is 2. The van der Waals surface area contributed by atoms with Crippen LogP contribution in [0.5, 0.6) is 0 Å². The maximum atomic E-state index is 6.06. The predicted molar refractivity (Wildman–Crippen MR) is 65.6 cm³/mol. The van der Waals surface area contributed by atoms with Crippen LogP contribution in [0.4, 0.5) is 5.69 Å². The molecule has 0 radical (unpaired) electrons. The van der Waals surface area contributed by atoms with Gasteiger partial charge in [0.1, 0.15) is 0 Å². The van der Waals surface area contributed by atoms with Gasteiger partial charge in [-0.15, -0.1) is 24.8 Å². The van der Waals surface area contributed by atoms with Gasteiger partial charge in [0.05, 0.1) is 11.6 Å². The predicted octanol–water partition coefficient (Wildman–Crippen LogP) is 2.73. The van der Waals surface area contributed by atoms with E-state index in [9.17, 15) is 0 Å². The molecule has 1 aromatic carbocycles. The molecule has 0 fully saturated rings. The average molecular weight is 235 g/mol. The summed E-state index contributed by atoms with van der Waals surface area (Å²) in [6, 6.07) is 8.32. The van der Waals surface area contributed by atoms with Gasteiger partial charge in [-0.3, -0.25) is 0 Å². The summed E-state index contributed by atoms with van der Waals surface area (Å²) in [4.78, 5) is 0. The van der Waals surface area contributed by atoms with Crippen molar-refractivity contribution in [2.45, 2.75) is 25.4 Å². The fourth-order valence-electron chi connectivity index (χ4n) is 1.70. The molecule has 3 N–H and O–H groups in total. The molecule has 1 unspecified atom stereocenters. The lowest BCUT2D eigenvalue weighted by Crippen LogP contribution is -2.36. The number of benzene rings is 1. The Morgan fingerprint density at radius 2 is 1.79 bits per heavy atom. The van der Waals surface area contributed by atoms with Crippen LogP contribution in [0.1, 0.15) is 25.5 Å². The van der Waals surface area contributed by atoms with Gasteiger partial charge in [0.25, 0.3) is 0 Å². The van der Waals surface area contributed by atoms with Crippen LogP contribution in [-0.4, -0.2) is 5.54 Å². The fraction of sp³-hybridized carbons (Fsp3) is 0.400. The minimum atomic E-state index is -0.0102. The Morgan fingerprint density at radius 3 is 2.36 bits per heavy atom. The normalized spacial score (nSPS) is 21.2. The first-order valence-corrected chi connectivity index (χ1v) is 4.24. The Kier molecular flexibility index (Phi) is 4.25. The number of para-hydroxylation sites is 1. The SMILES string of the molecule is CC1(C)Nc2ccccc2C1N.Cl.Cl. The highest BCUT2D eigenvalue weighted by atomic mass is 35.5. The van der Waals surface area contributed by atoms with E-state index in [1.54, 1.807) is 0 Å². The molecule has 2 nitrogen and oxygen atoms in total. The van der Waals surface area contributed by atoms with Gasteiger partial charge in [0.2, 0.25) is 0 Å². The second kappa shape index (κ2) is 4.39. The Balaban J connectivity index is 0.000000845. The third-order valence-corrected chi connectivity index (χ3v) is 2.53. The van der Waals surface area contributed by atoms with Crippen LogP contribution in [0.25, 0.3) is 0 Å². The molecule has 1 heterocycles. The summed E-state index contributed by atoms with van der Waals surface area (Å²) in [5, 5.41) is 3.40. The first-order chi connectivity index (χ1) is 5.61. The third kappa shape index (κ3) is 1.97. The van der Waals surface area contributed by atoms with E-state index in [2.05, 4.69) is 31.3 Å². The number of fused-ring (bicyclic) bond motifs is 1. The maximum absolute atomic E-state index is 6.06. The number of hydrogen-bond donors (Lipinski definition) is 2. The Labute approximate surface area is 97.1 Å². The van der Waals surface area contributed by atoms with E-state index in [0.29, 0.717) is 0 Å². The van der Waals surface area contributed by atoms with Gasteiger partial charge >= 0.3 is 0 Å². The van der Waals surface area contributed by atoms with E-state index in [4.69, 9.17) is 5.73 Å². The number of rotatable bonds is 0. The number of hydrogen-bond acceptors (Lipinski definition) is 2. The van der Waals surface area contributed by atoms with Crippen molar-refractivity contribution in [3.8, 4) is 0 Å². The van der Waals surface area contributed by atoms with E-state index in [1.165, 1.54) is 11.3 Å². The van der Waals surface area contributed by atoms with Crippen LogP contribution in [0, 0.1) is 0 Å². The smallest absolute Gasteiger partial charge is 0.0544 e. The highest BCUT2D eigenvalue weighted by Crippen LogP contribution is 2.38. The lowest BCUT2D eigenvalue weighted by atomic mass is 9.94. The van der Waals surface area contributed by atoms with Crippen molar-refractivity contribution in [2.75, 3.05) is 5.32 Å². The zero-order chi connectivity index (χ0) is 8.77. The Morgan fingerprint density at radius 1 is 1.21 bits per heavy atom.